The van der Waals surface area contributed by atoms with Crippen molar-refractivity contribution in [1.82, 2.24) is 4.81 Å². The van der Waals surface area contributed by atoms with Crippen LogP contribution in [-0.4, -0.2) is 42.9 Å². The molecule has 6 heteroatoms. The van der Waals surface area contributed by atoms with Crippen LogP contribution >= 0.6 is 0 Å². The molecule has 1 aromatic rings. The van der Waals surface area contributed by atoms with E-state index in [4.69, 9.17) is 14.4 Å². The maximum atomic E-state index is 13.1. The van der Waals surface area contributed by atoms with Crippen LogP contribution in [0.3, 0.4) is 0 Å². The van der Waals surface area contributed by atoms with E-state index in [9.17, 15) is 4.39 Å². The van der Waals surface area contributed by atoms with E-state index >= 15 is 0 Å². The van der Waals surface area contributed by atoms with Gasteiger partial charge in [0.15, 0.2) is 0 Å². The summed E-state index contributed by atoms with van der Waals surface area (Å²) in [4.78, 5) is 2.00. The average Bonchev–Trinajstić information content (AvgIpc) is 2.87. The molecule has 1 spiro atoms. The lowest BCUT2D eigenvalue weighted by molar-refractivity contribution is 0.180. The van der Waals surface area contributed by atoms with Gasteiger partial charge >= 0.3 is 6.69 Å². The first-order valence-electron chi connectivity index (χ1n) is 5.82. The molecule has 0 aliphatic carbocycles. The molecule has 1 saturated heterocycles. The highest BCUT2D eigenvalue weighted by Gasteiger charge is 2.44. The summed E-state index contributed by atoms with van der Waals surface area (Å²) in [5.74, 6) is -0.257. The van der Waals surface area contributed by atoms with Crippen LogP contribution in [0.25, 0.3) is 0 Å². The summed E-state index contributed by atoms with van der Waals surface area (Å²) >= 11 is 0. The lowest BCUT2D eigenvalue weighted by Gasteiger charge is -2.40. The van der Waals surface area contributed by atoms with Crippen molar-refractivity contribution >= 4 is 12.1 Å². The Bertz CT molecular complexity index is 445. The Labute approximate surface area is 98.9 Å². The van der Waals surface area contributed by atoms with Gasteiger partial charge in [-0.1, -0.05) is 11.6 Å². The second-order valence-electron chi connectivity index (χ2n) is 4.46. The summed E-state index contributed by atoms with van der Waals surface area (Å²) < 4.78 is 24.7. The fourth-order valence-electron chi connectivity index (χ4n) is 2.80. The first-order valence-corrected chi connectivity index (χ1v) is 5.82. The van der Waals surface area contributed by atoms with Gasteiger partial charge in [0.1, 0.15) is 5.82 Å². The first kappa shape index (κ1) is 11.2. The average molecular weight is 238 g/mol. The normalized spacial score (nSPS) is 27.9. The molecule has 0 saturated carbocycles. The molecule has 17 heavy (non-hydrogen) atoms. The molecule has 2 aliphatic rings. The number of hydrogen-bond donors (Lipinski definition) is 1. The third-order valence-electron chi connectivity index (χ3n) is 3.55. The Balaban J connectivity index is 2.01. The molecule has 0 radical (unpaired) electrons. The van der Waals surface area contributed by atoms with Crippen LogP contribution in [0.2, 0.25) is 0 Å². The van der Waals surface area contributed by atoms with Crippen LogP contribution in [0.15, 0.2) is 18.2 Å². The minimum absolute atomic E-state index is 0.0623. The van der Waals surface area contributed by atoms with E-state index in [1.54, 1.807) is 6.07 Å². The summed E-state index contributed by atoms with van der Waals surface area (Å²) in [5, 5.41) is 9.06. The Morgan fingerprint density at radius 1 is 1.41 bits per heavy atom. The Hall–Kier alpha value is -0.945. The van der Waals surface area contributed by atoms with Gasteiger partial charge < -0.3 is 19.2 Å². The minimum atomic E-state index is -1.65. The van der Waals surface area contributed by atoms with Crippen LogP contribution in [0, 0.1) is 5.82 Å². The number of rotatable bonds is 2. The summed E-state index contributed by atoms with van der Waals surface area (Å²) in [5.41, 5.74) is 1.76. The van der Waals surface area contributed by atoms with Crippen LogP contribution in [0.1, 0.15) is 5.56 Å². The number of fused-ring (bicyclic) bond motifs is 2. The second-order valence-corrected chi connectivity index (χ2v) is 4.46. The molecule has 4 nitrogen and oxygen atoms in total. The molecule has 1 atom stereocenters. The summed E-state index contributed by atoms with van der Waals surface area (Å²) in [7, 11) is 0. The minimum Gasteiger partial charge on any atom is -0.550 e. The van der Waals surface area contributed by atoms with Crippen LogP contribution in [-0.2, 0) is 15.9 Å². The summed E-state index contributed by atoms with van der Waals surface area (Å²) in [6.45, 7) is 0.605. The first-order chi connectivity index (χ1) is 8.26. The largest absolute Gasteiger partial charge is 0.550 e. The maximum absolute atomic E-state index is 13.1. The van der Waals surface area contributed by atoms with Gasteiger partial charge in [-0.3, -0.25) is 0 Å². The van der Waals surface area contributed by atoms with Crippen molar-refractivity contribution in [3.05, 3.63) is 29.6 Å². The monoisotopic (exact) mass is 238 g/mol. The quantitative estimate of drug-likeness (QED) is 0.726. The fraction of sp³-hybridized carbons (Fsp3) is 0.455. The van der Waals surface area contributed by atoms with E-state index < -0.39 is 6.69 Å². The van der Waals surface area contributed by atoms with E-state index in [1.165, 1.54) is 12.1 Å². The Morgan fingerprint density at radius 3 is 3.12 bits per heavy atom. The molecule has 0 amide bonds. The predicted molar refractivity (Wildman–Crippen MR) is 61.2 cm³/mol. The molecule has 1 unspecified atom stereocenters. The smallest absolute Gasteiger partial charge is 0.348 e. The van der Waals surface area contributed by atoms with Gasteiger partial charge in [-0.05, 0) is 25.2 Å². The van der Waals surface area contributed by atoms with Crippen molar-refractivity contribution in [2.75, 3.05) is 26.3 Å². The topological polar surface area (TPSA) is 41.9 Å². The number of nitrogens with zero attached hydrogens (tertiary/aromatic N) is 1. The number of aliphatic hydroxyl groups excluding tert-OH is 1. The summed E-state index contributed by atoms with van der Waals surface area (Å²) in [6.07, 6.45) is 0. The standard InChI is InChI=1S/C11H14BFNO3/c13-10-1-2-11-9(7-10)8-17-12(11)14(3-5-15)4-6-16-12/h1-2,7,15H,3-6,8H2/q-1. The number of β-amino-alcohol motifs (C(OH)–C–C–N with tert-alkyl or cyclic N) is 1. The molecule has 2 heterocycles. The van der Waals surface area contributed by atoms with E-state index in [-0.39, 0.29) is 12.4 Å². The van der Waals surface area contributed by atoms with E-state index in [1.807, 2.05) is 4.81 Å². The molecule has 0 bridgehead atoms. The molecule has 2 aliphatic heterocycles. The van der Waals surface area contributed by atoms with Crippen molar-refractivity contribution in [2.45, 2.75) is 6.61 Å². The zero-order chi connectivity index (χ0) is 11.9. The van der Waals surface area contributed by atoms with Crippen LogP contribution in [0.4, 0.5) is 4.39 Å². The fourth-order valence-corrected chi connectivity index (χ4v) is 2.80. The third-order valence-corrected chi connectivity index (χ3v) is 3.55. The van der Waals surface area contributed by atoms with Crippen molar-refractivity contribution < 1.29 is 18.8 Å². The Kier molecular flexibility index (Phi) is 2.67. The van der Waals surface area contributed by atoms with Gasteiger partial charge in [0.2, 0.25) is 0 Å². The number of aliphatic hydroxyl groups is 1. The van der Waals surface area contributed by atoms with E-state index in [0.29, 0.717) is 19.8 Å². The lowest BCUT2D eigenvalue weighted by atomic mass is 9.63. The van der Waals surface area contributed by atoms with Crippen LogP contribution in [0.5, 0.6) is 0 Å². The highest BCUT2D eigenvalue weighted by Crippen LogP contribution is 2.27. The Morgan fingerprint density at radius 2 is 2.29 bits per heavy atom. The van der Waals surface area contributed by atoms with Gasteiger partial charge in [-0.2, -0.15) is 0 Å². The molecule has 0 aromatic heterocycles. The van der Waals surface area contributed by atoms with Crippen molar-refractivity contribution in [3.8, 4) is 0 Å². The lowest BCUT2D eigenvalue weighted by Crippen LogP contribution is -2.60. The van der Waals surface area contributed by atoms with E-state index in [0.717, 1.165) is 17.6 Å². The zero-order valence-electron chi connectivity index (χ0n) is 9.43. The number of benzene rings is 1. The summed E-state index contributed by atoms with van der Waals surface area (Å²) in [6, 6.07) is 4.65. The highest BCUT2D eigenvalue weighted by atomic mass is 19.1. The highest BCUT2D eigenvalue weighted by molar-refractivity contribution is 6.80. The van der Waals surface area contributed by atoms with E-state index in [2.05, 4.69) is 0 Å². The third kappa shape index (κ3) is 1.60. The van der Waals surface area contributed by atoms with Gasteiger partial charge in [0.05, 0.1) is 6.61 Å². The molecule has 1 aromatic carbocycles. The zero-order valence-corrected chi connectivity index (χ0v) is 9.43. The van der Waals surface area contributed by atoms with Crippen molar-refractivity contribution in [3.63, 3.8) is 0 Å². The molecule has 1 fully saturated rings. The predicted octanol–water partition coefficient (Wildman–Crippen LogP) is -0.174. The number of hydrogen-bond acceptors (Lipinski definition) is 4. The van der Waals surface area contributed by atoms with Gasteiger partial charge in [0.25, 0.3) is 0 Å². The van der Waals surface area contributed by atoms with Gasteiger partial charge in [-0.15, -0.1) is 5.46 Å². The molecular weight excluding hydrogens is 224 g/mol. The number of halogens is 1. The molecular formula is C11H14BFNO3-. The second kappa shape index (κ2) is 4.06. The SMILES string of the molecule is OCCN1CCO[B-]12OCc1cc(F)ccc12. The van der Waals surface area contributed by atoms with Gasteiger partial charge in [0, 0.05) is 13.2 Å². The van der Waals surface area contributed by atoms with Crippen LogP contribution < -0.4 is 5.46 Å². The van der Waals surface area contributed by atoms with Gasteiger partial charge in [-0.25, -0.2) is 4.39 Å². The molecule has 92 valence electrons. The van der Waals surface area contributed by atoms with Crippen molar-refractivity contribution in [1.29, 1.82) is 0 Å². The molecule has 1 N–H and O–H groups in total. The maximum Gasteiger partial charge on any atom is 0.348 e. The molecule has 3 rings (SSSR count). The van der Waals surface area contributed by atoms with Crippen molar-refractivity contribution in [2.24, 2.45) is 0 Å².